The summed E-state index contributed by atoms with van der Waals surface area (Å²) in [5.41, 5.74) is 2.09. The first kappa shape index (κ1) is 13.1. The minimum atomic E-state index is 0.134. The molecule has 0 spiro atoms. The summed E-state index contributed by atoms with van der Waals surface area (Å²) >= 11 is 0. The molecule has 0 amide bonds. The average Bonchev–Trinajstić information content (AvgIpc) is 2.40. The second-order valence-electron chi connectivity index (χ2n) is 4.07. The molecule has 0 aliphatic heterocycles. The summed E-state index contributed by atoms with van der Waals surface area (Å²) in [6.45, 7) is 4.46. The normalized spacial score (nSPS) is 10.8. The second-order valence-corrected chi connectivity index (χ2v) is 4.07. The largest absolute Gasteiger partial charge is 0.506 e. The van der Waals surface area contributed by atoms with Gasteiger partial charge in [0.1, 0.15) is 17.2 Å². The Hall–Kier alpha value is -2.36. The van der Waals surface area contributed by atoms with E-state index >= 15 is 0 Å². The Morgan fingerprint density at radius 3 is 2.42 bits per heavy atom. The van der Waals surface area contributed by atoms with Gasteiger partial charge in [-0.15, -0.1) is 5.11 Å². The lowest BCUT2D eigenvalue weighted by Gasteiger charge is -2.03. The molecule has 2 aromatic carbocycles. The molecule has 98 valence electrons. The van der Waals surface area contributed by atoms with E-state index in [2.05, 4.69) is 10.2 Å². The molecule has 19 heavy (non-hydrogen) atoms. The summed E-state index contributed by atoms with van der Waals surface area (Å²) < 4.78 is 5.35. The van der Waals surface area contributed by atoms with Crippen LogP contribution in [0, 0.1) is 6.92 Å². The van der Waals surface area contributed by atoms with E-state index in [4.69, 9.17) is 4.74 Å². The van der Waals surface area contributed by atoms with Crippen LogP contribution < -0.4 is 4.74 Å². The first-order valence-corrected chi connectivity index (χ1v) is 6.14. The van der Waals surface area contributed by atoms with Gasteiger partial charge in [0.05, 0.1) is 12.3 Å². The lowest BCUT2D eigenvalue weighted by atomic mass is 10.2. The van der Waals surface area contributed by atoms with Crippen LogP contribution in [-0.2, 0) is 0 Å². The molecular weight excluding hydrogens is 240 g/mol. The monoisotopic (exact) mass is 256 g/mol. The van der Waals surface area contributed by atoms with Gasteiger partial charge in [-0.05, 0) is 49.7 Å². The highest BCUT2D eigenvalue weighted by Crippen LogP contribution is 2.31. The highest BCUT2D eigenvalue weighted by atomic mass is 16.5. The van der Waals surface area contributed by atoms with Crippen molar-refractivity contribution >= 4 is 11.4 Å². The van der Waals surface area contributed by atoms with Gasteiger partial charge in [-0.2, -0.15) is 5.11 Å². The lowest BCUT2D eigenvalue weighted by molar-refractivity contribution is 0.340. The van der Waals surface area contributed by atoms with E-state index in [1.807, 2.05) is 44.2 Å². The van der Waals surface area contributed by atoms with Crippen molar-refractivity contribution in [1.82, 2.24) is 0 Å². The SMILES string of the molecule is CCOc1ccc(N=Nc2c(C)cccc2O)cc1. The molecule has 0 aliphatic carbocycles. The number of aromatic hydroxyl groups is 1. The predicted molar refractivity (Wildman–Crippen MR) is 74.6 cm³/mol. The van der Waals surface area contributed by atoms with Crippen molar-refractivity contribution in [3.05, 3.63) is 48.0 Å². The smallest absolute Gasteiger partial charge is 0.143 e. The zero-order valence-electron chi connectivity index (χ0n) is 11.0. The number of nitrogens with zero attached hydrogens (tertiary/aromatic N) is 2. The summed E-state index contributed by atoms with van der Waals surface area (Å²) in [7, 11) is 0. The highest BCUT2D eigenvalue weighted by Gasteiger charge is 2.02. The Morgan fingerprint density at radius 2 is 1.79 bits per heavy atom. The number of azo groups is 1. The number of phenolic OH excluding ortho intramolecular Hbond substituents is 1. The number of benzene rings is 2. The van der Waals surface area contributed by atoms with E-state index in [0.717, 1.165) is 11.3 Å². The Morgan fingerprint density at radius 1 is 1.05 bits per heavy atom. The minimum Gasteiger partial charge on any atom is -0.506 e. The van der Waals surface area contributed by atoms with Gasteiger partial charge < -0.3 is 9.84 Å². The molecule has 1 N–H and O–H groups in total. The average molecular weight is 256 g/mol. The Labute approximate surface area is 112 Å². The minimum absolute atomic E-state index is 0.134. The Balaban J connectivity index is 2.18. The number of phenols is 1. The van der Waals surface area contributed by atoms with Gasteiger partial charge in [-0.3, -0.25) is 0 Å². The number of hydrogen-bond acceptors (Lipinski definition) is 4. The van der Waals surface area contributed by atoms with Crippen LogP contribution in [0.1, 0.15) is 12.5 Å². The van der Waals surface area contributed by atoms with Crippen LogP contribution in [-0.4, -0.2) is 11.7 Å². The van der Waals surface area contributed by atoms with Crippen LogP contribution in [0.15, 0.2) is 52.7 Å². The number of ether oxygens (including phenoxy) is 1. The number of hydrogen-bond donors (Lipinski definition) is 1. The summed E-state index contributed by atoms with van der Waals surface area (Å²) in [5.74, 6) is 0.940. The third-order valence-corrected chi connectivity index (χ3v) is 2.63. The summed E-state index contributed by atoms with van der Waals surface area (Å²) in [5, 5.41) is 17.9. The number of rotatable bonds is 4. The van der Waals surface area contributed by atoms with Crippen molar-refractivity contribution in [3.63, 3.8) is 0 Å². The van der Waals surface area contributed by atoms with Gasteiger partial charge >= 0.3 is 0 Å². The van der Waals surface area contributed by atoms with E-state index in [-0.39, 0.29) is 5.75 Å². The maximum atomic E-state index is 9.71. The molecule has 0 aliphatic rings. The fraction of sp³-hybridized carbons (Fsp3) is 0.200. The van der Waals surface area contributed by atoms with Crippen molar-refractivity contribution in [2.75, 3.05) is 6.61 Å². The fourth-order valence-electron chi connectivity index (χ4n) is 1.66. The van der Waals surface area contributed by atoms with Crippen LogP contribution >= 0.6 is 0 Å². The number of aryl methyl sites for hydroxylation is 1. The predicted octanol–water partition coefficient (Wildman–Crippen LogP) is 4.51. The van der Waals surface area contributed by atoms with Crippen molar-refractivity contribution in [1.29, 1.82) is 0 Å². The van der Waals surface area contributed by atoms with E-state index in [9.17, 15) is 5.11 Å². The third kappa shape index (κ3) is 3.31. The van der Waals surface area contributed by atoms with Crippen LogP contribution in [0.2, 0.25) is 0 Å². The molecule has 2 rings (SSSR count). The van der Waals surface area contributed by atoms with Gasteiger partial charge in [-0.1, -0.05) is 12.1 Å². The lowest BCUT2D eigenvalue weighted by Crippen LogP contribution is -1.89. The standard InChI is InChI=1S/C15H16N2O2/c1-3-19-13-9-7-12(8-10-13)16-17-15-11(2)5-4-6-14(15)18/h4-10,18H,3H2,1-2H3. The first-order valence-electron chi connectivity index (χ1n) is 6.14. The molecule has 0 aromatic heterocycles. The van der Waals surface area contributed by atoms with Crippen LogP contribution in [0.3, 0.4) is 0 Å². The first-order chi connectivity index (χ1) is 9.20. The highest BCUT2D eigenvalue weighted by molar-refractivity contribution is 5.56. The van der Waals surface area contributed by atoms with Gasteiger partial charge in [0.2, 0.25) is 0 Å². The molecule has 2 aromatic rings. The van der Waals surface area contributed by atoms with Gasteiger partial charge in [0, 0.05) is 0 Å². The van der Waals surface area contributed by atoms with Crippen molar-refractivity contribution in [3.8, 4) is 11.5 Å². The third-order valence-electron chi connectivity index (χ3n) is 2.63. The zero-order chi connectivity index (χ0) is 13.7. The van der Waals surface area contributed by atoms with Gasteiger partial charge in [-0.25, -0.2) is 0 Å². The fourth-order valence-corrected chi connectivity index (χ4v) is 1.66. The van der Waals surface area contributed by atoms with E-state index in [1.165, 1.54) is 0 Å². The van der Waals surface area contributed by atoms with E-state index in [0.29, 0.717) is 18.0 Å². The van der Waals surface area contributed by atoms with Crippen LogP contribution in [0.25, 0.3) is 0 Å². The molecule has 0 bridgehead atoms. The maximum absolute atomic E-state index is 9.71. The van der Waals surface area contributed by atoms with Crippen molar-refractivity contribution < 1.29 is 9.84 Å². The molecule has 0 radical (unpaired) electrons. The van der Waals surface area contributed by atoms with Crippen molar-refractivity contribution in [2.24, 2.45) is 10.2 Å². The van der Waals surface area contributed by atoms with Crippen LogP contribution in [0.4, 0.5) is 11.4 Å². The summed E-state index contributed by atoms with van der Waals surface area (Å²) in [6.07, 6.45) is 0. The van der Waals surface area contributed by atoms with Crippen LogP contribution in [0.5, 0.6) is 11.5 Å². The van der Waals surface area contributed by atoms with E-state index in [1.54, 1.807) is 12.1 Å². The second kappa shape index (κ2) is 6.00. The van der Waals surface area contributed by atoms with E-state index < -0.39 is 0 Å². The molecule has 0 unspecified atom stereocenters. The molecule has 0 fully saturated rings. The quantitative estimate of drug-likeness (QED) is 0.818. The molecule has 4 nitrogen and oxygen atoms in total. The maximum Gasteiger partial charge on any atom is 0.143 e. The Bertz CT molecular complexity index is 557. The molecule has 0 heterocycles. The molecular formula is C15H16N2O2. The summed E-state index contributed by atoms with van der Waals surface area (Å²) in [6, 6.07) is 12.6. The van der Waals surface area contributed by atoms with Crippen molar-refractivity contribution in [2.45, 2.75) is 13.8 Å². The summed E-state index contributed by atoms with van der Waals surface area (Å²) in [4.78, 5) is 0. The Kier molecular flexibility index (Phi) is 4.13. The van der Waals surface area contributed by atoms with Gasteiger partial charge in [0.25, 0.3) is 0 Å². The molecule has 4 heteroatoms. The molecule has 0 saturated carbocycles. The van der Waals surface area contributed by atoms with Gasteiger partial charge in [0.15, 0.2) is 0 Å². The molecule has 0 atom stereocenters. The molecule has 0 saturated heterocycles. The zero-order valence-corrected chi connectivity index (χ0v) is 11.0. The topological polar surface area (TPSA) is 54.2 Å².